The molecule has 1 atom stereocenters. The predicted molar refractivity (Wildman–Crippen MR) is 117 cm³/mol. The van der Waals surface area contributed by atoms with E-state index in [1.165, 1.54) is 49.7 Å². The zero-order valence-corrected chi connectivity index (χ0v) is 17.1. The number of aliphatic hydroxyl groups excluding tert-OH is 1. The summed E-state index contributed by atoms with van der Waals surface area (Å²) in [6, 6.07) is 22.4. The highest BCUT2D eigenvalue weighted by Crippen LogP contribution is 2.38. The normalized spacial score (nSPS) is 22.0. The van der Waals surface area contributed by atoms with Crippen LogP contribution in [0.15, 0.2) is 60.7 Å². The topological polar surface area (TPSA) is 23.5 Å². The van der Waals surface area contributed by atoms with Crippen LogP contribution in [0.3, 0.4) is 0 Å². The molecule has 0 amide bonds. The number of hydrogen-bond donors (Lipinski definition) is 1. The summed E-state index contributed by atoms with van der Waals surface area (Å²) in [5.41, 5.74) is 2.73. The molecule has 1 aliphatic carbocycles. The SMILES string of the molecule is OCC1(c2ccccc2)CCN(C(Cc2ccccc2)C2CCCCC2)CC1. The molecule has 2 aromatic carbocycles. The monoisotopic (exact) mass is 377 g/mol. The standard InChI is InChI=1S/C26H35NO/c28-21-26(24-14-8-3-9-15-24)16-18-27(19-17-26)25(23-12-6-2-7-13-23)20-22-10-4-1-5-11-22/h1,3-5,8-11,14-15,23,25,28H,2,6-7,12-13,16-21H2. The molecule has 1 saturated heterocycles. The molecule has 4 rings (SSSR count). The molecule has 2 aromatic rings. The zero-order valence-electron chi connectivity index (χ0n) is 17.1. The molecule has 1 aliphatic heterocycles. The van der Waals surface area contributed by atoms with Crippen LogP contribution in [0.1, 0.15) is 56.1 Å². The molecular formula is C26H35NO. The van der Waals surface area contributed by atoms with Gasteiger partial charge in [-0.1, -0.05) is 79.9 Å². The first-order valence-corrected chi connectivity index (χ1v) is 11.3. The van der Waals surface area contributed by atoms with E-state index in [1.54, 1.807) is 0 Å². The fourth-order valence-corrected chi connectivity index (χ4v) is 5.58. The lowest BCUT2D eigenvalue weighted by molar-refractivity contribution is 0.0470. The Labute approximate surface area is 170 Å². The van der Waals surface area contributed by atoms with Crippen molar-refractivity contribution in [1.82, 2.24) is 4.90 Å². The Morgan fingerprint density at radius 3 is 2.07 bits per heavy atom. The van der Waals surface area contributed by atoms with Gasteiger partial charge in [-0.05, 0) is 62.2 Å². The van der Waals surface area contributed by atoms with E-state index in [0.29, 0.717) is 6.04 Å². The molecule has 2 heteroatoms. The summed E-state index contributed by atoms with van der Waals surface area (Å²) >= 11 is 0. The van der Waals surface area contributed by atoms with Gasteiger partial charge in [0, 0.05) is 11.5 Å². The van der Waals surface area contributed by atoms with Crippen LogP contribution in [0.5, 0.6) is 0 Å². The molecule has 0 spiro atoms. The first-order chi connectivity index (χ1) is 13.8. The molecule has 2 nitrogen and oxygen atoms in total. The second kappa shape index (κ2) is 9.24. The van der Waals surface area contributed by atoms with Crippen LogP contribution in [0.4, 0.5) is 0 Å². The smallest absolute Gasteiger partial charge is 0.0528 e. The van der Waals surface area contributed by atoms with Crippen molar-refractivity contribution in [3.05, 3.63) is 71.8 Å². The summed E-state index contributed by atoms with van der Waals surface area (Å²) in [5.74, 6) is 0.826. The molecule has 0 aromatic heterocycles. The van der Waals surface area contributed by atoms with E-state index in [4.69, 9.17) is 0 Å². The van der Waals surface area contributed by atoms with Gasteiger partial charge in [-0.25, -0.2) is 0 Å². The van der Waals surface area contributed by atoms with E-state index in [0.717, 1.165) is 31.8 Å². The van der Waals surface area contributed by atoms with Crippen molar-refractivity contribution in [3.8, 4) is 0 Å². The average molecular weight is 378 g/mol. The van der Waals surface area contributed by atoms with Crippen molar-refractivity contribution in [3.63, 3.8) is 0 Å². The van der Waals surface area contributed by atoms with E-state index >= 15 is 0 Å². The predicted octanol–water partition coefficient (Wildman–Crippen LogP) is 5.20. The van der Waals surface area contributed by atoms with Gasteiger partial charge in [0.05, 0.1) is 6.61 Å². The quantitative estimate of drug-likeness (QED) is 0.747. The highest BCUT2D eigenvalue weighted by Gasteiger charge is 2.39. The van der Waals surface area contributed by atoms with Crippen molar-refractivity contribution in [1.29, 1.82) is 0 Å². The largest absolute Gasteiger partial charge is 0.395 e. The van der Waals surface area contributed by atoms with Crippen molar-refractivity contribution in [2.24, 2.45) is 5.92 Å². The number of nitrogens with zero attached hydrogens (tertiary/aromatic N) is 1. The molecule has 0 bridgehead atoms. The van der Waals surface area contributed by atoms with Gasteiger partial charge < -0.3 is 5.11 Å². The lowest BCUT2D eigenvalue weighted by Gasteiger charge is -2.46. The maximum absolute atomic E-state index is 10.3. The van der Waals surface area contributed by atoms with Crippen molar-refractivity contribution >= 4 is 0 Å². The first kappa shape index (κ1) is 19.7. The molecule has 1 unspecified atom stereocenters. The van der Waals surface area contributed by atoms with Crippen LogP contribution in [0, 0.1) is 5.92 Å². The molecule has 1 saturated carbocycles. The summed E-state index contributed by atoms with van der Waals surface area (Å²) in [4.78, 5) is 2.76. The molecule has 0 radical (unpaired) electrons. The highest BCUT2D eigenvalue weighted by atomic mass is 16.3. The van der Waals surface area contributed by atoms with E-state index in [-0.39, 0.29) is 12.0 Å². The molecular weight excluding hydrogens is 342 g/mol. The maximum atomic E-state index is 10.3. The number of hydrogen-bond acceptors (Lipinski definition) is 2. The number of piperidine rings is 1. The van der Waals surface area contributed by atoms with Crippen LogP contribution < -0.4 is 0 Å². The molecule has 2 fully saturated rings. The Morgan fingerprint density at radius 1 is 0.857 bits per heavy atom. The number of aliphatic hydroxyl groups is 1. The summed E-state index contributed by atoms with van der Waals surface area (Å²) in [7, 11) is 0. The Bertz CT molecular complexity index is 700. The van der Waals surface area contributed by atoms with Crippen molar-refractivity contribution in [2.45, 2.75) is 62.8 Å². The molecule has 1 heterocycles. The fraction of sp³-hybridized carbons (Fsp3) is 0.538. The maximum Gasteiger partial charge on any atom is 0.0528 e. The van der Waals surface area contributed by atoms with Crippen LogP contribution >= 0.6 is 0 Å². The third-order valence-corrected chi connectivity index (χ3v) is 7.39. The Morgan fingerprint density at radius 2 is 1.46 bits per heavy atom. The van der Waals surface area contributed by atoms with Crippen LogP contribution in [-0.4, -0.2) is 35.7 Å². The molecule has 1 N–H and O–H groups in total. The van der Waals surface area contributed by atoms with Crippen molar-refractivity contribution in [2.75, 3.05) is 19.7 Å². The summed E-state index contributed by atoms with van der Waals surface area (Å²) in [6.07, 6.45) is 10.3. The minimum absolute atomic E-state index is 0.0539. The lowest BCUT2D eigenvalue weighted by Crippen LogP contribution is -2.51. The minimum atomic E-state index is -0.0539. The highest BCUT2D eigenvalue weighted by molar-refractivity contribution is 5.26. The second-order valence-corrected chi connectivity index (χ2v) is 9.00. The Kier molecular flexibility index (Phi) is 6.49. The number of likely N-dealkylation sites (tertiary alicyclic amines) is 1. The molecule has 2 aliphatic rings. The third kappa shape index (κ3) is 4.34. The van der Waals surface area contributed by atoms with Gasteiger partial charge in [-0.15, -0.1) is 0 Å². The average Bonchev–Trinajstić information content (AvgIpc) is 2.79. The Hall–Kier alpha value is -1.64. The van der Waals surface area contributed by atoms with Gasteiger partial charge in [-0.2, -0.15) is 0 Å². The van der Waals surface area contributed by atoms with Crippen LogP contribution in [-0.2, 0) is 11.8 Å². The van der Waals surface area contributed by atoms with Gasteiger partial charge in [0.1, 0.15) is 0 Å². The molecule has 28 heavy (non-hydrogen) atoms. The van der Waals surface area contributed by atoms with Crippen LogP contribution in [0.2, 0.25) is 0 Å². The fourth-order valence-electron chi connectivity index (χ4n) is 5.58. The van der Waals surface area contributed by atoms with Gasteiger partial charge >= 0.3 is 0 Å². The Balaban J connectivity index is 1.50. The van der Waals surface area contributed by atoms with E-state index < -0.39 is 0 Å². The lowest BCUT2D eigenvalue weighted by atomic mass is 9.72. The van der Waals surface area contributed by atoms with E-state index in [1.807, 2.05) is 0 Å². The molecule has 150 valence electrons. The minimum Gasteiger partial charge on any atom is -0.395 e. The number of rotatable bonds is 6. The zero-order chi connectivity index (χ0) is 19.2. The summed E-state index contributed by atoms with van der Waals surface area (Å²) < 4.78 is 0. The summed E-state index contributed by atoms with van der Waals surface area (Å²) in [5, 5.41) is 10.3. The van der Waals surface area contributed by atoms with E-state index in [2.05, 4.69) is 65.6 Å². The van der Waals surface area contributed by atoms with Gasteiger partial charge in [-0.3, -0.25) is 4.90 Å². The second-order valence-electron chi connectivity index (χ2n) is 9.00. The van der Waals surface area contributed by atoms with Gasteiger partial charge in [0.25, 0.3) is 0 Å². The van der Waals surface area contributed by atoms with Gasteiger partial charge in [0.2, 0.25) is 0 Å². The summed E-state index contributed by atoms with van der Waals surface area (Å²) in [6.45, 7) is 2.46. The first-order valence-electron chi connectivity index (χ1n) is 11.3. The third-order valence-electron chi connectivity index (χ3n) is 7.39. The van der Waals surface area contributed by atoms with Crippen LogP contribution in [0.25, 0.3) is 0 Å². The number of benzene rings is 2. The van der Waals surface area contributed by atoms with Gasteiger partial charge in [0.15, 0.2) is 0 Å². The van der Waals surface area contributed by atoms with E-state index in [9.17, 15) is 5.11 Å². The van der Waals surface area contributed by atoms with Crippen molar-refractivity contribution < 1.29 is 5.11 Å².